The molecule has 0 aliphatic heterocycles. The molecule has 1 N–H and O–H groups in total. The summed E-state index contributed by atoms with van der Waals surface area (Å²) in [6, 6.07) is 14.3. The minimum Gasteiger partial charge on any atom is -0.325 e. The molecule has 29 heavy (non-hydrogen) atoms. The number of nitrogens with zero attached hydrogens (tertiary/aromatic N) is 3. The molecule has 3 rings (SSSR count). The van der Waals surface area contributed by atoms with Crippen LogP contribution in [0.15, 0.2) is 47.6 Å². The number of thioether (sulfide) groups is 1. The molecule has 152 valence electrons. The molecule has 1 aromatic heterocycles. The van der Waals surface area contributed by atoms with Crippen molar-refractivity contribution in [3.63, 3.8) is 0 Å². The molecule has 0 saturated heterocycles. The van der Waals surface area contributed by atoms with E-state index in [1.807, 2.05) is 16.7 Å². The quantitative estimate of drug-likeness (QED) is 0.319. The summed E-state index contributed by atoms with van der Waals surface area (Å²) in [6.45, 7) is 9.13. The van der Waals surface area contributed by atoms with E-state index in [4.69, 9.17) is 0 Å². The Hall–Kier alpha value is -1.87. The Labute approximate surface area is 189 Å². The van der Waals surface area contributed by atoms with E-state index in [1.165, 1.54) is 20.9 Å². The van der Waals surface area contributed by atoms with Crippen molar-refractivity contribution >= 4 is 45.9 Å². The van der Waals surface area contributed by atoms with Gasteiger partial charge in [0.25, 0.3) is 0 Å². The molecule has 0 atom stereocenters. The van der Waals surface area contributed by atoms with Crippen LogP contribution in [0.2, 0.25) is 0 Å². The van der Waals surface area contributed by atoms with Crippen LogP contribution in [-0.4, -0.2) is 26.4 Å². The van der Waals surface area contributed by atoms with Gasteiger partial charge in [0.05, 0.1) is 5.75 Å². The highest BCUT2D eigenvalue weighted by Crippen LogP contribution is 2.27. The van der Waals surface area contributed by atoms with E-state index in [-0.39, 0.29) is 11.7 Å². The molecule has 2 aromatic carbocycles. The number of carbonyl (C=O) groups excluding carboxylic acids is 1. The van der Waals surface area contributed by atoms with E-state index >= 15 is 0 Å². The lowest BCUT2D eigenvalue weighted by Gasteiger charge is -2.14. The van der Waals surface area contributed by atoms with Crippen LogP contribution in [0.3, 0.4) is 0 Å². The van der Waals surface area contributed by atoms with Gasteiger partial charge in [-0.3, -0.25) is 4.79 Å². The number of aryl methyl sites for hydroxylation is 1. The summed E-state index contributed by atoms with van der Waals surface area (Å²) in [4.78, 5) is 12.6. The molecule has 0 unspecified atom stereocenters. The second-order valence-electron chi connectivity index (χ2n) is 7.14. The summed E-state index contributed by atoms with van der Waals surface area (Å²) in [5.74, 6) is 1.42. The Morgan fingerprint density at radius 3 is 2.55 bits per heavy atom. The zero-order valence-corrected chi connectivity index (χ0v) is 20.0. The molecule has 0 saturated carbocycles. The molecule has 5 nitrogen and oxygen atoms in total. The average Bonchev–Trinajstić information content (AvgIpc) is 3.11. The average molecular weight is 520 g/mol. The van der Waals surface area contributed by atoms with Crippen LogP contribution in [0, 0.1) is 10.5 Å². The Kier molecular flexibility index (Phi) is 7.34. The zero-order chi connectivity index (χ0) is 21.0. The maximum atomic E-state index is 12.6. The van der Waals surface area contributed by atoms with Crippen molar-refractivity contribution in [2.75, 3.05) is 11.1 Å². The van der Waals surface area contributed by atoms with E-state index in [0.29, 0.717) is 5.92 Å². The summed E-state index contributed by atoms with van der Waals surface area (Å²) in [5.41, 5.74) is 4.26. The van der Waals surface area contributed by atoms with E-state index in [0.717, 1.165) is 34.3 Å². The number of carbonyl (C=O) groups is 1. The van der Waals surface area contributed by atoms with Gasteiger partial charge in [-0.25, -0.2) is 0 Å². The van der Waals surface area contributed by atoms with Crippen molar-refractivity contribution in [1.29, 1.82) is 0 Å². The van der Waals surface area contributed by atoms with Gasteiger partial charge in [-0.15, -0.1) is 10.2 Å². The molecule has 0 aliphatic carbocycles. The molecule has 1 amide bonds. The van der Waals surface area contributed by atoms with Gasteiger partial charge in [0.2, 0.25) is 5.91 Å². The maximum absolute atomic E-state index is 12.6. The molecule has 0 spiro atoms. The molecule has 0 aliphatic rings. The first-order valence-corrected chi connectivity index (χ1v) is 11.7. The normalized spacial score (nSPS) is 11.1. The fourth-order valence-electron chi connectivity index (χ4n) is 3.04. The highest BCUT2D eigenvalue weighted by atomic mass is 127. The number of rotatable bonds is 7. The smallest absolute Gasteiger partial charge is 0.234 e. The fraction of sp³-hybridized carbons (Fsp3) is 0.318. The van der Waals surface area contributed by atoms with Crippen molar-refractivity contribution in [1.82, 2.24) is 14.8 Å². The van der Waals surface area contributed by atoms with Gasteiger partial charge in [-0.05, 0) is 66.1 Å². The van der Waals surface area contributed by atoms with Gasteiger partial charge in [-0.1, -0.05) is 55.4 Å². The van der Waals surface area contributed by atoms with Gasteiger partial charge < -0.3 is 9.88 Å². The van der Waals surface area contributed by atoms with Crippen molar-refractivity contribution in [3.05, 3.63) is 57.2 Å². The van der Waals surface area contributed by atoms with Crippen LogP contribution in [0.25, 0.3) is 11.4 Å². The Bertz CT molecular complexity index is 999. The number of hydrogen-bond donors (Lipinski definition) is 1. The summed E-state index contributed by atoms with van der Waals surface area (Å²) >= 11 is 3.71. The molecular formula is C22H25IN4OS. The number of amides is 1. The molecule has 7 heteroatoms. The number of benzene rings is 2. The lowest BCUT2D eigenvalue weighted by Crippen LogP contribution is -2.16. The van der Waals surface area contributed by atoms with Crippen LogP contribution in [0.4, 0.5) is 5.69 Å². The molecule has 0 bridgehead atoms. The third-order valence-electron chi connectivity index (χ3n) is 4.58. The van der Waals surface area contributed by atoms with Gasteiger partial charge in [0.1, 0.15) is 0 Å². The van der Waals surface area contributed by atoms with Gasteiger partial charge in [0.15, 0.2) is 11.0 Å². The number of aromatic nitrogens is 3. The zero-order valence-electron chi connectivity index (χ0n) is 17.1. The number of nitrogens with one attached hydrogen (secondary N) is 1. The molecular weight excluding hydrogens is 495 g/mol. The highest BCUT2D eigenvalue weighted by Gasteiger charge is 2.16. The Morgan fingerprint density at radius 2 is 1.90 bits per heavy atom. The third kappa shape index (κ3) is 5.39. The second kappa shape index (κ2) is 9.75. The van der Waals surface area contributed by atoms with E-state index in [1.54, 1.807) is 0 Å². The Morgan fingerprint density at radius 1 is 1.17 bits per heavy atom. The second-order valence-corrected chi connectivity index (χ2v) is 9.33. The van der Waals surface area contributed by atoms with Gasteiger partial charge >= 0.3 is 0 Å². The van der Waals surface area contributed by atoms with Crippen molar-refractivity contribution < 1.29 is 4.79 Å². The van der Waals surface area contributed by atoms with Crippen LogP contribution < -0.4 is 5.32 Å². The molecule has 0 fully saturated rings. The molecule has 0 radical (unpaired) electrons. The third-order valence-corrected chi connectivity index (χ3v) is 6.22. The maximum Gasteiger partial charge on any atom is 0.234 e. The first-order chi connectivity index (χ1) is 13.9. The van der Waals surface area contributed by atoms with Crippen LogP contribution >= 0.6 is 34.4 Å². The predicted octanol–water partition coefficient (Wildman–Crippen LogP) is 5.73. The fourth-order valence-corrected chi connectivity index (χ4v) is 4.36. The Balaban J connectivity index is 1.70. The molecule has 1 heterocycles. The molecule has 3 aromatic rings. The SMILES string of the molecule is CCn1c(SCC(=O)Nc2ccc(I)cc2C(C)C)nnc1-c1ccc(C)cc1. The summed E-state index contributed by atoms with van der Waals surface area (Å²) < 4.78 is 3.21. The standard InChI is InChI=1S/C22H25IN4OS/c1-5-27-21(16-8-6-15(4)7-9-16)25-26-22(27)29-13-20(28)24-19-11-10-17(23)12-18(19)14(2)3/h6-12,14H,5,13H2,1-4H3,(H,24,28). The summed E-state index contributed by atoms with van der Waals surface area (Å²) in [6.07, 6.45) is 0. The largest absolute Gasteiger partial charge is 0.325 e. The predicted molar refractivity (Wildman–Crippen MR) is 128 cm³/mol. The minimum atomic E-state index is -0.0411. The first-order valence-electron chi connectivity index (χ1n) is 9.61. The lowest BCUT2D eigenvalue weighted by molar-refractivity contribution is -0.113. The highest BCUT2D eigenvalue weighted by molar-refractivity contribution is 14.1. The first kappa shape index (κ1) is 21.8. The monoisotopic (exact) mass is 520 g/mol. The minimum absolute atomic E-state index is 0.0411. The van der Waals surface area contributed by atoms with E-state index in [9.17, 15) is 4.79 Å². The van der Waals surface area contributed by atoms with E-state index in [2.05, 4.69) is 96.1 Å². The number of hydrogen-bond acceptors (Lipinski definition) is 4. The number of halogens is 1. The van der Waals surface area contributed by atoms with Crippen molar-refractivity contribution in [3.8, 4) is 11.4 Å². The topological polar surface area (TPSA) is 59.8 Å². The van der Waals surface area contributed by atoms with Crippen LogP contribution in [0.5, 0.6) is 0 Å². The van der Waals surface area contributed by atoms with E-state index < -0.39 is 0 Å². The van der Waals surface area contributed by atoms with Crippen molar-refractivity contribution in [2.45, 2.75) is 45.3 Å². The van der Waals surface area contributed by atoms with Crippen LogP contribution in [-0.2, 0) is 11.3 Å². The summed E-state index contributed by atoms with van der Waals surface area (Å²) in [7, 11) is 0. The lowest BCUT2D eigenvalue weighted by atomic mass is 10.0. The van der Waals surface area contributed by atoms with Gasteiger partial charge in [-0.2, -0.15) is 0 Å². The summed E-state index contributed by atoms with van der Waals surface area (Å²) in [5, 5.41) is 12.5. The number of anilines is 1. The van der Waals surface area contributed by atoms with Crippen molar-refractivity contribution in [2.24, 2.45) is 0 Å². The van der Waals surface area contributed by atoms with Gasteiger partial charge in [0, 0.05) is 21.4 Å². The van der Waals surface area contributed by atoms with Crippen LogP contribution in [0.1, 0.15) is 37.8 Å².